The molecule has 0 radical (unpaired) electrons. The summed E-state index contributed by atoms with van der Waals surface area (Å²) in [5, 5.41) is 3.14. The third-order valence-electron chi connectivity index (χ3n) is 4.38. The largest absolute Gasteiger partial charge is 0.454 e. The van der Waals surface area contributed by atoms with E-state index in [1.165, 1.54) is 24.3 Å². The Morgan fingerprint density at radius 1 is 1.11 bits per heavy atom. The van der Waals surface area contributed by atoms with Crippen LogP contribution in [-0.2, 0) is 20.0 Å². The number of hydrogen-bond donors (Lipinski definition) is 1. The highest BCUT2D eigenvalue weighted by molar-refractivity contribution is 7.92. The maximum atomic E-state index is 12.3. The summed E-state index contributed by atoms with van der Waals surface area (Å²) in [5.41, 5.74) is 0.535. The number of sulfone groups is 1. The van der Waals surface area contributed by atoms with E-state index in [0.29, 0.717) is 16.5 Å². The van der Waals surface area contributed by atoms with E-state index >= 15 is 0 Å². The van der Waals surface area contributed by atoms with E-state index in [0.717, 1.165) is 5.56 Å². The second-order valence-electron chi connectivity index (χ2n) is 6.94. The summed E-state index contributed by atoms with van der Waals surface area (Å²) in [5.74, 6) is 0.176. The van der Waals surface area contributed by atoms with Crippen molar-refractivity contribution < 1.29 is 22.7 Å². The molecule has 144 valence electrons. The van der Waals surface area contributed by atoms with Crippen LogP contribution < -0.4 is 14.8 Å². The van der Waals surface area contributed by atoms with Crippen LogP contribution in [0.4, 0.5) is 0 Å². The van der Waals surface area contributed by atoms with Gasteiger partial charge in [-0.3, -0.25) is 4.79 Å². The molecule has 1 heterocycles. The predicted molar refractivity (Wildman–Crippen MR) is 102 cm³/mol. The fourth-order valence-electron chi connectivity index (χ4n) is 2.69. The molecule has 0 aromatic heterocycles. The minimum Gasteiger partial charge on any atom is -0.454 e. The van der Waals surface area contributed by atoms with Crippen LogP contribution in [0.2, 0.25) is 5.02 Å². The Kier molecular flexibility index (Phi) is 5.35. The summed E-state index contributed by atoms with van der Waals surface area (Å²) >= 11 is 5.77. The lowest BCUT2D eigenvalue weighted by Crippen LogP contribution is -2.39. The molecule has 0 atom stereocenters. The van der Waals surface area contributed by atoms with Crippen LogP contribution >= 0.6 is 11.6 Å². The van der Waals surface area contributed by atoms with Gasteiger partial charge in [0.2, 0.25) is 12.7 Å². The molecular formula is C19H20ClNO5S. The summed E-state index contributed by atoms with van der Waals surface area (Å²) in [6, 6.07) is 11.3. The minimum atomic E-state index is -3.72. The molecule has 1 amide bonds. The lowest BCUT2D eigenvalue weighted by molar-refractivity contribution is -0.118. The summed E-state index contributed by atoms with van der Waals surface area (Å²) in [7, 11) is -3.72. The molecule has 0 bridgehead atoms. The van der Waals surface area contributed by atoms with Crippen molar-refractivity contribution in [3.8, 4) is 11.5 Å². The van der Waals surface area contributed by atoms with Gasteiger partial charge >= 0.3 is 0 Å². The zero-order chi connectivity index (χ0) is 19.7. The van der Waals surface area contributed by atoms with Crippen molar-refractivity contribution in [1.29, 1.82) is 0 Å². The standard InChI is InChI=1S/C19H20ClNO5S/c1-19(2,13-3-8-16-17(9-13)26-12-25-16)11-21-18(22)10-27(23,24)15-6-4-14(20)5-7-15/h3-9H,10-12H2,1-2H3,(H,21,22). The molecular weight excluding hydrogens is 390 g/mol. The van der Waals surface area contributed by atoms with Crippen LogP contribution in [0.25, 0.3) is 0 Å². The number of ether oxygens (including phenoxy) is 2. The Balaban J connectivity index is 1.63. The number of carbonyl (C=O) groups excluding carboxylic acids is 1. The molecule has 0 saturated carbocycles. The van der Waals surface area contributed by atoms with Crippen molar-refractivity contribution in [2.45, 2.75) is 24.2 Å². The summed E-state index contributed by atoms with van der Waals surface area (Å²) in [6.07, 6.45) is 0. The van der Waals surface area contributed by atoms with Gasteiger partial charge in [0.05, 0.1) is 4.90 Å². The smallest absolute Gasteiger partial charge is 0.235 e. The van der Waals surface area contributed by atoms with Crippen LogP contribution in [0.3, 0.4) is 0 Å². The zero-order valence-electron chi connectivity index (χ0n) is 15.0. The number of halogens is 1. The molecule has 3 rings (SSSR count). The molecule has 0 saturated heterocycles. The Bertz CT molecular complexity index is 955. The molecule has 1 aliphatic heterocycles. The number of amides is 1. The SMILES string of the molecule is CC(C)(CNC(=O)CS(=O)(=O)c1ccc(Cl)cc1)c1ccc2c(c1)OCO2. The number of fused-ring (bicyclic) bond motifs is 1. The van der Waals surface area contributed by atoms with Crippen molar-refractivity contribution in [2.24, 2.45) is 0 Å². The van der Waals surface area contributed by atoms with Gasteiger partial charge < -0.3 is 14.8 Å². The Morgan fingerprint density at radius 2 is 1.78 bits per heavy atom. The molecule has 6 nitrogen and oxygen atoms in total. The van der Waals surface area contributed by atoms with E-state index < -0.39 is 26.9 Å². The lowest BCUT2D eigenvalue weighted by Gasteiger charge is -2.26. The molecule has 0 spiro atoms. The second kappa shape index (κ2) is 7.40. The number of nitrogens with one attached hydrogen (secondary N) is 1. The first-order chi connectivity index (χ1) is 12.7. The molecule has 1 N–H and O–H groups in total. The Morgan fingerprint density at radius 3 is 2.48 bits per heavy atom. The molecule has 0 fully saturated rings. The predicted octanol–water partition coefficient (Wildman–Crippen LogP) is 2.94. The maximum Gasteiger partial charge on any atom is 0.235 e. The summed E-state index contributed by atoms with van der Waals surface area (Å²) in [6.45, 7) is 4.39. The molecule has 27 heavy (non-hydrogen) atoms. The number of rotatable bonds is 6. The molecule has 2 aromatic rings. The van der Waals surface area contributed by atoms with Crippen molar-refractivity contribution >= 4 is 27.3 Å². The van der Waals surface area contributed by atoms with Crippen LogP contribution in [0.15, 0.2) is 47.4 Å². The monoisotopic (exact) mass is 409 g/mol. The summed E-state index contributed by atoms with van der Waals surface area (Å²) < 4.78 is 35.4. The van der Waals surface area contributed by atoms with Crippen LogP contribution in [-0.4, -0.2) is 33.4 Å². The van der Waals surface area contributed by atoms with Gasteiger partial charge in [-0.25, -0.2) is 8.42 Å². The fourth-order valence-corrected chi connectivity index (χ4v) is 3.98. The van der Waals surface area contributed by atoms with Crippen molar-refractivity contribution in [1.82, 2.24) is 5.32 Å². The summed E-state index contributed by atoms with van der Waals surface area (Å²) in [4.78, 5) is 12.3. The van der Waals surface area contributed by atoms with Gasteiger partial charge in [0.1, 0.15) is 5.75 Å². The van der Waals surface area contributed by atoms with Crippen molar-refractivity contribution in [3.63, 3.8) is 0 Å². The average molecular weight is 410 g/mol. The molecule has 0 unspecified atom stereocenters. The highest BCUT2D eigenvalue weighted by Gasteiger charge is 2.26. The Labute approximate surface area is 163 Å². The number of benzene rings is 2. The van der Waals surface area contributed by atoms with Gasteiger partial charge in [-0.1, -0.05) is 31.5 Å². The second-order valence-corrected chi connectivity index (χ2v) is 9.37. The van der Waals surface area contributed by atoms with Crippen molar-refractivity contribution in [2.75, 3.05) is 19.1 Å². The van der Waals surface area contributed by atoms with Gasteiger partial charge in [-0.2, -0.15) is 0 Å². The lowest BCUT2D eigenvalue weighted by atomic mass is 9.84. The van der Waals surface area contributed by atoms with Gasteiger partial charge in [0.25, 0.3) is 0 Å². The fraction of sp³-hybridized carbons (Fsp3) is 0.316. The molecule has 2 aromatic carbocycles. The number of hydrogen-bond acceptors (Lipinski definition) is 5. The van der Waals surface area contributed by atoms with E-state index in [1.54, 1.807) is 0 Å². The highest BCUT2D eigenvalue weighted by Crippen LogP contribution is 2.36. The highest BCUT2D eigenvalue weighted by atomic mass is 35.5. The van der Waals surface area contributed by atoms with Crippen LogP contribution in [0.1, 0.15) is 19.4 Å². The van der Waals surface area contributed by atoms with Gasteiger partial charge in [-0.05, 0) is 42.0 Å². The third kappa shape index (κ3) is 4.54. The first-order valence-electron chi connectivity index (χ1n) is 8.32. The topological polar surface area (TPSA) is 81.7 Å². The van der Waals surface area contributed by atoms with Gasteiger partial charge in [-0.15, -0.1) is 0 Å². The Hall–Kier alpha value is -2.25. The quantitative estimate of drug-likeness (QED) is 0.793. The minimum absolute atomic E-state index is 0.0667. The van der Waals surface area contributed by atoms with E-state index in [-0.39, 0.29) is 18.2 Å². The third-order valence-corrected chi connectivity index (χ3v) is 6.26. The average Bonchev–Trinajstić information content (AvgIpc) is 3.08. The van der Waals surface area contributed by atoms with E-state index in [1.807, 2.05) is 32.0 Å². The first kappa shape index (κ1) is 19.5. The van der Waals surface area contributed by atoms with E-state index in [9.17, 15) is 13.2 Å². The van der Waals surface area contributed by atoms with Crippen LogP contribution in [0.5, 0.6) is 11.5 Å². The van der Waals surface area contributed by atoms with E-state index in [4.69, 9.17) is 21.1 Å². The van der Waals surface area contributed by atoms with E-state index in [2.05, 4.69) is 5.32 Å². The van der Waals surface area contributed by atoms with Gasteiger partial charge in [0, 0.05) is 17.0 Å². The van der Waals surface area contributed by atoms with Gasteiger partial charge in [0.15, 0.2) is 21.3 Å². The zero-order valence-corrected chi connectivity index (χ0v) is 16.6. The molecule has 8 heteroatoms. The van der Waals surface area contributed by atoms with Crippen molar-refractivity contribution in [3.05, 3.63) is 53.1 Å². The normalized spacial score (nSPS) is 13.4. The first-order valence-corrected chi connectivity index (χ1v) is 10.4. The number of carbonyl (C=O) groups is 1. The maximum absolute atomic E-state index is 12.3. The molecule has 1 aliphatic rings. The molecule has 0 aliphatic carbocycles. The van der Waals surface area contributed by atoms with Crippen LogP contribution in [0, 0.1) is 0 Å².